The summed E-state index contributed by atoms with van der Waals surface area (Å²) in [5.41, 5.74) is 2.30. The highest BCUT2D eigenvalue weighted by molar-refractivity contribution is 5.82. The van der Waals surface area contributed by atoms with Gasteiger partial charge in [-0.3, -0.25) is 4.79 Å². The number of carbonyl (C=O) groups excluding carboxylic acids is 1. The molecule has 4 nitrogen and oxygen atoms in total. The smallest absolute Gasteiger partial charge is 0.382 e. The second-order valence-corrected chi connectivity index (χ2v) is 11.0. The van der Waals surface area contributed by atoms with Gasteiger partial charge in [0.25, 0.3) is 0 Å². The zero-order valence-electron chi connectivity index (χ0n) is 21.5. The Kier molecular flexibility index (Phi) is 7.86. The first-order chi connectivity index (χ1) is 17.0. The molecule has 2 N–H and O–H groups in total. The average molecular weight is 502 g/mol. The summed E-state index contributed by atoms with van der Waals surface area (Å²) in [6, 6.07) is 13.2. The van der Waals surface area contributed by atoms with Crippen LogP contribution in [0.1, 0.15) is 62.1 Å². The summed E-state index contributed by atoms with van der Waals surface area (Å²) in [6.45, 7) is 8.07. The number of amides is 1. The summed E-state index contributed by atoms with van der Waals surface area (Å²) in [4.78, 5) is 15.4. The molecule has 1 saturated heterocycles. The number of nitrogens with one attached hydrogen (secondary N) is 2. The molecule has 0 unspecified atom stereocenters. The summed E-state index contributed by atoms with van der Waals surface area (Å²) in [5.74, 6) is 0.553. The fraction of sp³-hybridized carbons (Fsp3) is 0.552. The monoisotopic (exact) mass is 501 g/mol. The SMILES string of the molecule is Cc1ccc(N2CCC(C)(C(=O)NCC3CCC(Nc4ccc(C)c(C(F)(F)F)c4)CC3)CC2)cc1. The first-order valence-electron chi connectivity index (χ1n) is 13.1. The summed E-state index contributed by atoms with van der Waals surface area (Å²) >= 11 is 0. The molecule has 1 aliphatic carbocycles. The Hall–Kier alpha value is -2.70. The maximum absolute atomic E-state index is 13.2. The molecular weight excluding hydrogens is 463 g/mol. The van der Waals surface area contributed by atoms with Crippen LogP contribution in [0.3, 0.4) is 0 Å². The van der Waals surface area contributed by atoms with Gasteiger partial charge in [-0.15, -0.1) is 0 Å². The fourth-order valence-corrected chi connectivity index (χ4v) is 5.46. The van der Waals surface area contributed by atoms with Gasteiger partial charge in [-0.2, -0.15) is 13.2 Å². The van der Waals surface area contributed by atoms with Gasteiger partial charge in [0, 0.05) is 42.5 Å². The molecule has 2 aliphatic rings. The van der Waals surface area contributed by atoms with Crippen LogP contribution in [0, 0.1) is 25.2 Å². The Morgan fingerprint density at radius 1 is 1.00 bits per heavy atom. The first-order valence-corrected chi connectivity index (χ1v) is 13.1. The van der Waals surface area contributed by atoms with Crippen LogP contribution >= 0.6 is 0 Å². The molecule has 0 atom stereocenters. The van der Waals surface area contributed by atoms with E-state index < -0.39 is 11.7 Å². The number of rotatable bonds is 6. The predicted molar refractivity (Wildman–Crippen MR) is 139 cm³/mol. The van der Waals surface area contributed by atoms with Crippen molar-refractivity contribution >= 4 is 17.3 Å². The molecule has 7 heteroatoms. The lowest BCUT2D eigenvalue weighted by Crippen LogP contribution is -2.48. The number of anilines is 2. The van der Waals surface area contributed by atoms with Gasteiger partial charge in [0.05, 0.1) is 5.56 Å². The standard InChI is InChI=1S/C29H38F3N3O/c1-20-4-12-25(13-5-20)35-16-14-28(3,15-17-35)27(36)33-19-22-7-10-23(11-8-22)34-24-9-6-21(2)26(18-24)29(30,31)32/h4-6,9,12-13,18,22-23,34H,7-8,10-11,14-17,19H2,1-3H3,(H,33,36). The summed E-state index contributed by atoms with van der Waals surface area (Å²) < 4.78 is 39.6. The van der Waals surface area contributed by atoms with Crippen molar-refractivity contribution in [2.24, 2.45) is 11.3 Å². The van der Waals surface area contributed by atoms with Crippen LogP contribution in [0.25, 0.3) is 0 Å². The number of aryl methyl sites for hydroxylation is 2. The number of piperidine rings is 1. The van der Waals surface area contributed by atoms with Gasteiger partial charge in [-0.1, -0.05) is 30.7 Å². The fourth-order valence-electron chi connectivity index (χ4n) is 5.46. The quantitative estimate of drug-likeness (QED) is 0.462. The summed E-state index contributed by atoms with van der Waals surface area (Å²) in [7, 11) is 0. The minimum atomic E-state index is -4.34. The van der Waals surface area contributed by atoms with E-state index in [-0.39, 0.29) is 22.9 Å². The third-order valence-electron chi connectivity index (χ3n) is 8.13. The van der Waals surface area contributed by atoms with E-state index in [9.17, 15) is 18.0 Å². The van der Waals surface area contributed by atoms with Gasteiger partial charge in [0.2, 0.25) is 5.91 Å². The van der Waals surface area contributed by atoms with Gasteiger partial charge in [-0.25, -0.2) is 0 Å². The van der Waals surface area contributed by atoms with Crippen LogP contribution < -0.4 is 15.5 Å². The Labute approximate surface area is 212 Å². The van der Waals surface area contributed by atoms with Crippen LogP contribution in [0.2, 0.25) is 0 Å². The molecule has 2 aromatic rings. The molecule has 1 aliphatic heterocycles. The maximum atomic E-state index is 13.2. The van der Waals surface area contributed by atoms with Gasteiger partial charge in [0.1, 0.15) is 0 Å². The van der Waals surface area contributed by atoms with Gasteiger partial charge in [0.15, 0.2) is 0 Å². The molecule has 1 heterocycles. The number of halogens is 3. The number of benzene rings is 2. The molecule has 4 rings (SSSR count). The molecule has 0 aromatic heterocycles. The maximum Gasteiger partial charge on any atom is 0.416 e. The lowest BCUT2D eigenvalue weighted by Gasteiger charge is -2.40. The summed E-state index contributed by atoms with van der Waals surface area (Å²) in [6.07, 6.45) is 1.00. The highest BCUT2D eigenvalue weighted by atomic mass is 19.4. The highest BCUT2D eigenvalue weighted by Gasteiger charge is 2.37. The second kappa shape index (κ2) is 10.7. The molecule has 0 bridgehead atoms. The molecule has 0 radical (unpaired) electrons. The average Bonchev–Trinajstić information content (AvgIpc) is 2.85. The first kappa shape index (κ1) is 26.4. The number of nitrogens with zero attached hydrogens (tertiary/aromatic N) is 1. The number of hydrogen-bond acceptors (Lipinski definition) is 3. The van der Waals surface area contributed by atoms with Crippen LogP contribution in [-0.2, 0) is 11.0 Å². The third kappa shape index (κ3) is 6.34. The zero-order chi connectivity index (χ0) is 25.9. The van der Waals surface area contributed by atoms with Crippen molar-refractivity contribution in [1.29, 1.82) is 0 Å². The van der Waals surface area contributed by atoms with E-state index in [1.54, 1.807) is 6.07 Å². The number of alkyl halides is 3. The van der Waals surface area contributed by atoms with Crippen LogP contribution in [-0.4, -0.2) is 31.6 Å². The largest absolute Gasteiger partial charge is 0.416 e. The van der Waals surface area contributed by atoms with Crippen LogP contribution in [0.4, 0.5) is 24.5 Å². The van der Waals surface area contributed by atoms with Gasteiger partial charge in [-0.05, 0) is 88.1 Å². The van der Waals surface area contributed by atoms with Crippen molar-refractivity contribution in [1.82, 2.24) is 5.32 Å². The van der Waals surface area contributed by atoms with Gasteiger partial charge < -0.3 is 15.5 Å². The van der Waals surface area contributed by atoms with E-state index in [1.165, 1.54) is 30.3 Å². The van der Waals surface area contributed by atoms with E-state index in [1.807, 2.05) is 0 Å². The van der Waals surface area contributed by atoms with Crippen molar-refractivity contribution in [3.8, 4) is 0 Å². The number of hydrogen-bond donors (Lipinski definition) is 2. The Morgan fingerprint density at radius 2 is 1.64 bits per heavy atom. The third-order valence-corrected chi connectivity index (χ3v) is 8.13. The second-order valence-electron chi connectivity index (χ2n) is 11.0. The van der Waals surface area contributed by atoms with E-state index in [2.05, 4.69) is 53.6 Å². The number of carbonyl (C=O) groups is 1. The van der Waals surface area contributed by atoms with Crippen molar-refractivity contribution < 1.29 is 18.0 Å². The zero-order valence-corrected chi connectivity index (χ0v) is 21.5. The Morgan fingerprint density at radius 3 is 2.25 bits per heavy atom. The lowest BCUT2D eigenvalue weighted by atomic mass is 9.79. The van der Waals surface area contributed by atoms with Crippen molar-refractivity contribution in [2.75, 3.05) is 29.9 Å². The molecule has 196 valence electrons. The molecule has 2 fully saturated rings. The van der Waals surface area contributed by atoms with E-state index in [0.717, 1.165) is 51.6 Å². The molecular formula is C29H38F3N3O. The Balaban J connectivity index is 1.21. The van der Waals surface area contributed by atoms with E-state index >= 15 is 0 Å². The van der Waals surface area contributed by atoms with E-state index in [0.29, 0.717) is 18.2 Å². The molecule has 0 spiro atoms. The van der Waals surface area contributed by atoms with Crippen LogP contribution in [0.15, 0.2) is 42.5 Å². The minimum absolute atomic E-state index is 0.144. The predicted octanol–water partition coefficient (Wildman–Crippen LogP) is 6.72. The molecule has 2 aromatic carbocycles. The lowest BCUT2D eigenvalue weighted by molar-refractivity contribution is -0.138. The summed E-state index contributed by atoms with van der Waals surface area (Å²) in [5, 5.41) is 6.51. The van der Waals surface area contributed by atoms with Gasteiger partial charge >= 0.3 is 6.18 Å². The normalized spacial score (nSPS) is 22.2. The van der Waals surface area contributed by atoms with E-state index in [4.69, 9.17) is 0 Å². The van der Waals surface area contributed by atoms with Crippen molar-refractivity contribution in [3.63, 3.8) is 0 Å². The topological polar surface area (TPSA) is 44.4 Å². The molecule has 36 heavy (non-hydrogen) atoms. The molecule has 1 saturated carbocycles. The Bertz CT molecular complexity index is 1030. The highest BCUT2D eigenvalue weighted by Crippen LogP contribution is 2.35. The van der Waals surface area contributed by atoms with Crippen molar-refractivity contribution in [2.45, 2.75) is 71.5 Å². The van der Waals surface area contributed by atoms with Crippen molar-refractivity contribution in [3.05, 3.63) is 59.2 Å². The minimum Gasteiger partial charge on any atom is -0.382 e. The van der Waals surface area contributed by atoms with Crippen LogP contribution in [0.5, 0.6) is 0 Å². The molecule has 1 amide bonds.